The number of nitrogens with one attached hydrogen (secondary N) is 2. The van der Waals surface area contributed by atoms with Crippen molar-refractivity contribution in [2.75, 3.05) is 75.9 Å². The van der Waals surface area contributed by atoms with E-state index in [0.717, 1.165) is 54.4 Å². The number of primary amides is 1. The van der Waals surface area contributed by atoms with Gasteiger partial charge in [-0.05, 0) is 91.1 Å². The van der Waals surface area contributed by atoms with Crippen molar-refractivity contribution in [1.29, 1.82) is 5.26 Å². The second-order valence-corrected chi connectivity index (χ2v) is 22.1. The van der Waals surface area contributed by atoms with E-state index in [2.05, 4.69) is 38.7 Å². The Labute approximate surface area is 470 Å². The van der Waals surface area contributed by atoms with E-state index in [1.165, 1.54) is 43.5 Å². The summed E-state index contributed by atoms with van der Waals surface area (Å²) in [7, 11) is 5.43. The average Bonchev–Trinajstić information content (AvgIpc) is 2.58. The molecule has 0 spiro atoms. The summed E-state index contributed by atoms with van der Waals surface area (Å²) in [6, 6.07) is 25.0. The van der Waals surface area contributed by atoms with Gasteiger partial charge in [-0.25, -0.2) is 23.4 Å². The lowest BCUT2D eigenvalue weighted by Crippen LogP contribution is -2.48. The van der Waals surface area contributed by atoms with Crippen molar-refractivity contribution in [2.45, 2.75) is 95.0 Å². The Morgan fingerprint density at radius 2 is 1.66 bits per heavy atom. The Kier molecular flexibility index (Phi) is 19.1. The number of hydrogen-bond donors (Lipinski definition) is 3. The first-order valence-electron chi connectivity index (χ1n) is 26.4. The van der Waals surface area contributed by atoms with Crippen LogP contribution in [0.5, 0.6) is 5.75 Å². The Morgan fingerprint density at radius 3 is 2.34 bits per heavy atom. The Balaban J connectivity index is 0.822. The number of benzene rings is 4. The van der Waals surface area contributed by atoms with E-state index in [9.17, 15) is 14.9 Å². The van der Waals surface area contributed by atoms with Crippen molar-refractivity contribution in [1.82, 2.24) is 25.1 Å². The molecule has 1 saturated carbocycles. The van der Waals surface area contributed by atoms with Gasteiger partial charge >= 0.3 is 0 Å². The molecule has 2 aliphatic rings. The zero-order chi connectivity index (χ0) is 56.4. The monoisotopic (exact) mass is 1120 g/mol. The topological polar surface area (TPSA) is 195 Å². The molecule has 1 unspecified atom stereocenters. The van der Waals surface area contributed by atoms with E-state index >= 15 is 8.78 Å². The summed E-state index contributed by atoms with van der Waals surface area (Å²) >= 11 is 12.6. The fourth-order valence-electron chi connectivity index (χ4n) is 11.0. The SMILES string of the molecule is COc1ccc(C(=O)NCCOCCOCCOC2CCC(Nc3nccc(-c4cnn(Cc5ccccc5)c4N(C)C)n3)CC2)cc1N1C(C(N)=O)[C@@H](c2cccc(Cl)c2F)[C@@](C#N)(c2ccc(Cl)cc2F)[C@H]1CC(C)(C)C. The maximum Gasteiger partial charge on any atom is 0.251 e. The van der Waals surface area contributed by atoms with Gasteiger partial charge in [0.15, 0.2) is 0 Å². The second-order valence-electron chi connectivity index (χ2n) is 21.3. The number of hydrogen-bond acceptors (Lipinski definition) is 13. The molecule has 0 bridgehead atoms. The molecular weight excluding hydrogens is 1050 g/mol. The van der Waals surface area contributed by atoms with E-state index in [1.54, 1.807) is 23.2 Å². The molecule has 2 aromatic heterocycles. The maximum atomic E-state index is 16.5. The molecule has 79 heavy (non-hydrogen) atoms. The van der Waals surface area contributed by atoms with Crippen LogP contribution in [0.2, 0.25) is 10.0 Å². The molecule has 20 heteroatoms. The highest BCUT2D eigenvalue weighted by Crippen LogP contribution is 2.58. The number of nitrogens with two attached hydrogens (primary N) is 1. The Morgan fingerprint density at radius 1 is 0.924 bits per heavy atom. The largest absolute Gasteiger partial charge is 0.495 e. The van der Waals surface area contributed by atoms with Crippen molar-refractivity contribution in [3.05, 3.63) is 147 Å². The van der Waals surface area contributed by atoms with Gasteiger partial charge in [0.1, 0.15) is 34.7 Å². The van der Waals surface area contributed by atoms with Crippen LogP contribution in [0.4, 0.5) is 26.2 Å². The molecule has 2 fully saturated rings. The van der Waals surface area contributed by atoms with Gasteiger partial charge in [-0.2, -0.15) is 10.4 Å². The lowest BCUT2D eigenvalue weighted by atomic mass is 9.62. The number of anilines is 3. The number of methoxy groups -OCH3 is 1. The van der Waals surface area contributed by atoms with Crippen molar-refractivity contribution >= 4 is 52.5 Å². The highest BCUT2D eigenvalue weighted by molar-refractivity contribution is 6.31. The molecule has 1 aliphatic heterocycles. The first-order valence-corrected chi connectivity index (χ1v) is 27.2. The van der Waals surface area contributed by atoms with Gasteiger partial charge in [0, 0.05) is 54.9 Å². The third kappa shape index (κ3) is 13.4. The van der Waals surface area contributed by atoms with Gasteiger partial charge in [0.05, 0.1) is 93.1 Å². The van der Waals surface area contributed by atoms with Crippen LogP contribution in [-0.2, 0) is 31.0 Å². The van der Waals surface area contributed by atoms with Crippen molar-refractivity contribution in [3.63, 3.8) is 0 Å². The van der Waals surface area contributed by atoms with E-state index < -0.39 is 52.3 Å². The number of amides is 2. The molecule has 16 nitrogen and oxygen atoms in total. The number of nitrogens with zero attached hydrogens (tertiary/aromatic N) is 7. The summed E-state index contributed by atoms with van der Waals surface area (Å²) in [6.45, 7) is 8.24. The number of nitriles is 1. The third-order valence-electron chi connectivity index (χ3n) is 14.5. The first kappa shape index (κ1) is 58.3. The average molecular weight is 1120 g/mol. The normalized spacial score (nSPS) is 20.2. The van der Waals surface area contributed by atoms with Crippen molar-refractivity contribution < 1.29 is 37.3 Å². The molecule has 0 radical (unpaired) electrons. The van der Waals surface area contributed by atoms with Crippen LogP contribution >= 0.6 is 23.2 Å². The highest BCUT2D eigenvalue weighted by atomic mass is 35.5. The summed E-state index contributed by atoms with van der Waals surface area (Å²) in [5, 5.41) is 22.4. The van der Waals surface area contributed by atoms with Crippen LogP contribution in [0.1, 0.15) is 85.8 Å². The zero-order valence-corrected chi connectivity index (χ0v) is 46.9. The Bertz CT molecular complexity index is 3110. The number of halogens is 4. The van der Waals surface area contributed by atoms with E-state index in [4.69, 9.17) is 58.0 Å². The van der Waals surface area contributed by atoms with Gasteiger partial charge in [-0.15, -0.1) is 0 Å². The molecule has 1 saturated heterocycles. The Hall–Kier alpha value is -6.88. The number of carbonyl (C=O) groups is 2. The van der Waals surface area contributed by atoms with E-state index in [-0.39, 0.29) is 76.5 Å². The minimum atomic E-state index is -1.98. The molecular formula is C59H68Cl2F2N10O6. The number of ether oxygens (including phenoxy) is 4. The van der Waals surface area contributed by atoms with Gasteiger partial charge in [0.25, 0.3) is 5.91 Å². The van der Waals surface area contributed by atoms with Crippen molar-refractivity contribution in [2.24, 2.45) is 11.1 Å². The molecule has 6 aromatic rings. The summed E-state index contributed by atoms with van der Waals surface area (Å²) in [5.41, 5.74) is 6.79. The third-order valence-corrected chi connectivity index (χ3v) is 15.0. The van der Waals surface area contributed by atoms with Crippen LogP contribution in [0.3, 0.4) is 0 Å². The van der Waals surface area contributed by atoms with E-state index in [0.29, 0.717) is 32.3 Å². The minimum absolute atomic E-state index is 0.0721. The quantitative estimate of drug-likeness (QED) is 0.0514. The summed E-state index contributed by atoms with van der Waals surface area (Å²) in [6.07, 6.45) is 7.54. The molecule has 4 aromatic carbocycles. The van der Waals surface area contributed by atoms with Gasteiger partial charge in [0.2, 0.25) is 11.9 Å². The number of rotatable bonds is 23. The standard InChI is InChI=1S/C59H68Cl2F2N10O6/c1-58(2,3)33-50-59(36-64,44-21-16-39(60)32-46(44)62)51(42-13-10-14-45(61)52(42)63)53(54(65)74)73(50)48-31-38(15-22-49(48)76-6)55(75)66-25-26-77-27-28-78-29-30-79-41-19-17-40(18-20-41)69-57-67-24-23-47(70-57)43-34-68-72(56(43)71(4)5)35-37-11-8-7-9-12-37/h7-16,21-24,31-32,34,40-41,50-51,53H,17-20,25-30,33,35H2,1-6H3,(H2,65,74)(H,66,75)(H,67,69,70)/t40?,41?,50-,51-,53?,59+/m1/s1. The second kappa shape index (κ2) is 25.9. The molecule has 2 amide bonds. The van der Waals surface area contributed by atoms with Gasteiger partial charge < -0.3 is 45.1 Å². The lowest BCUT2D eigenvalue weighted by molar-refractivity contribution is -0.119. The predicted octanol–water partition coefficient (Wildman–Crippen LogP) is 9.97. The van der Waals surface area contributed by atoms with Gasteiger partial charge in [-0.3, -0.25) is 9.59 Å². The smallest absolute Gasteiger partial charge is 0.251 e. The van der Waals surface area contributed by atoms with Crippen LogP contribution in [0, 0.1) is 28.4 Å². The van der Waals surface area contributed by atoms with Crippen LogP contribution < -0.4 is 30.9 Å². The predicted molar refractivity (Wildman–Crippen MR) is 302 cm³/mol. The summed E-state index contributed by atoms with van der Waals surface area (Å²) < 4.78 is 58.4. The van der Waals surface area contributed by atoms with Gasteiger partial charge in [-0.1, -0.05) is 92.5 Å². The number of aromatic nitrogens is 4. The highest BCUT2D eigenvalue weighted by Gasteiger charge is 2.65. The molecule has 4 N–H and O–H groups in total. The maximum absolute atomic E-state index is 16.5. The van der Waals surface area contributed by atoms with Crippen LogP contribution in [0.15, 0.2) is 103 Å². The molecule has 1 aliphatic carbocycles. The molecule has 4 atom stereocenters. The van der Waals surface area contributed by atoms with Crippen LogP contribution in [-0.4, -0.2) is 117 Å². The molecule has 8 rings (SSSR count). The van der Waals surface area contributed by atoms with E-state index in [1.807, 2.05) is 70.0 Å². The lowest BCUT2D eigenvalue weighted by Gasteiger charge is -2.40. The summed E-state index contributed by atoms with van der Waals surface area (Å²) in [4.78, 5) is 40.9. The first-order chi connectivity index (χ1) is 37.9. The molecule has 418 valence electrons. The fourth-order valence-corrected chi connectivity index (χ4v) is 11.4. The number of carbonyl (C=O) groups excluding carboxylic acids is 2. The summed E-state index contributed by atoms with van der Waals surface area (Å²) in [5.74, 6) is -2.76. The zero-order valence-electron chi connectivity index (χ0n) is 45.4. The van der Waals surface area contributed by atoms with Crippen LogP contribution in [0.25, 0.3) is 11.3 Å². The minimum Gasteiger partial charge on any atom is -0.495 e. The van der Waals surface area contributed by atoms with Crippen molar-refractivity contribution in [3.8, 4) is 23.1 Å². The fraction of sp³-hybridized carbons (Fsp3) is 0.424. The molecule has 3 heterocycles.